The molecule has 2 aromatic rings. The van der Waals surface area contributed by atoms with Crippen LogP contribution >= 0.6 is 0 Å². The van der Waals surface area contributed by atoms with E-state index in [2.05, 4.69) is 10.0 Å². The van der Waals surface area contributed by atoms with Gasteiger partial charge in [-0.25, -0.2) is 13.1 Å². The average Bonchev–Trinajstić information content (AvgIpc) is 2.92. The SMILES string of the molecule is COc1ccc(CNS(=O)(=O)c2ccc3c(c2)CC(=O)N3)cc1C. The Labute approximate surface area is 140 Å². The molecule has 0 radical (unpaired) electrons. The Morgan fingerprint density at radius 3 is 2.71 bits per heavy atom. The first kappa shape index (κ1) is 16.5. The Balaban J connectivity index is 1.76. The van der Waals surface area contributed by atoms with Crippen molar-refractivity contribution in [2.24, 2.45) is 0 Å². The van der Waals surface area contributed by atoms with Gasteiger partial charge in [0.05, 0.1) is 18.4 Å². The van der Waals surface area contributed by atoms with Crippen LogP contribution < -0.4 is 14.8 Å². The van der Waals surface area contributed by atoms with Gasteiger partial charge >= 0.3 is 0 Å². The van der Waals surface area contributed by atoms with E-state index in [9.17, 15) is 13.2 Å². The van der Waals surface area contributed by atoms with E-state index >= 15 is 0 Å². The number of methoxy groups -OCH3 is 1. The van der Waals surface area contributed by atoms with Gasteiger partial charge in [-0.15, -0.1) is 0 Å². The van der Waals surface area contributed by atoms with Crippen molar-refractivity contribution in [3.63, 3.8) is 0 Å². The predicted octanol–water partition coefficient (Wildman–Crippen LogP) is 1.98. The number of carbonyl (C=O) groups is 1. The summed E-state index contributed by atoms with van der Waals surface area (Å²) in [6, 6.07) is 10.2. The molecule has 0 bridgehead atoms. The molecule has 2 N–H and O–H groups in total. The molecule has 0 saturated carbocycles. The summed E-state index contributed by atoms with van der Waals surface area (Å²) in [6.45, 7) is 2.09. The highest BCUT2D eigenvalue weighted by Crippen LogP contribution is 2.26. The fourth-order valence-electron chi connectivity index (χ4n) is 2.68. The van der Waals surface area contributed by atoms with Crippen LogP contribution in [0.3, 0.4) is 0 Å². The number of benzene rings is 2. The summed E-state index contributed by atoms with van der Waals surface area (Å²) >= 11 is 0. The zero-order chi connectivity index (χ0) is 17.3. The number of amides is 1. The second kappa shape index (κ2) is 6.26. The van der Waals surface area contributed by atoms with Crippen LogP contribution in [0.1, 0.15) is 16.7 Å². The maximum Gasteiger partial charge on any atom is 0.240 e. The van der Waals surface area contributed by atoms with Gasteiger partial charge < -0.3 is 10.1 Å². The molecule has 24 heavy (non-hydrogen) atoms. The van der Waals surface area contributed by atoms with Crippen molar-refractivity contribution in [2.45, 2.75) is 24.8 Å². The normalized spacial score (nSPS) is 13.5. The van der Waals surface area contributed by atoms with E-state index in [4.69, 9.17) is 4.74 Å². The Kier molecular flexibility index (Phi) is 4.29. The first-order valence-electron chi connectivity index (χ1n) is 7.45. The molecule has 0 atom stereocenters. The summed E-state index contributed by atoms with van der Waals surface area (Å²) in [5.74, 6) is 0.638. The van der Waals surface area contributed by atoms with Crippen LogP contribution in [-0.2, 0) is 27.8 Å². The third-order valence-corrected chi connectivity index (χ3v) is 5.34. The Morgan fingerprint density at radius 2 is 2.00 bits per heavy atom. The summed E-state index contributed by atoms with van der Waals surface area (Å²) < 4.78 is 32.7. The van der Waals surface area contributed by atoms with Crippen molar-refractivity contribution < 1.29 is 17.9 Å². The second-order valence-electron chi connectivity index (χ2n) is 5.67. The molecule has 126 valence electrons. The molecule has 1 amide bonds. The molecule has 1 aliphatic heterocycles. The van der Waals surface area contributed by atoms with Crippen LogP contribution in [-0.4, -0.2) is 21.4 Å². The lowest BCUT2D eigenvalue weighted by Crippen LogP contribution is -2.23. The molecule has 1 heterocycles. The summed E-state index contributed by atoms with van der Waals surface area (Å²) in [5, 5.41) is 2.68. The van der Waals surface area contributed by atoms with Crippen LogP contribution in [0, 0.1) is 6.92 Å². The van der Waals surface area contributed by atoms with Gasteiger partial charge in [-0.3, -0.25) is 4.79 Å². The van der Waals surface area contributed by atoms with Crippen molar-refractivity contribution in [2.75, 3.05) is 12.4 Å². The van der Waals surface area contributed by atoms with Gasteiger partial charge in [-0.1, -0.05) is 12.1 Å². The number of ether oxygens (including phenoxy) is 1. The van der Waals surface area contributed by atoms with Crippen LogP contribution in [0.2, 0.25) is 0 Å². The number of anilines is 1. The molecule has 0 unspecified atom stereocenters. The molecule has 0 saturated heterocycles. The van der Waals surface area contributed by atoms with E-state index in [1.54, 1.807) is 13.2 Å². The van der Waals surface area contributed by atoms with Gasteiger partial charge in [0.25, 0.3) is 0 Å². The van der Waals surface area contributed by atoms with Crippen LogP contribution in [0.5, 0.6) is 5.75 Å². The maximum atomic E-state index is 12.5. The number of sulfonamides is 1. The van der Waals surface area contributed by atoms with E-state index in [1.165, 1.54) is 12.1 Å². The highest BCUT2D eigenvalue weighted by Gasteiger charge is 2.21. The van der Waals surface area contributed by atoms with E-state index in [1.807, 2.05) is 25.1 Å². The van der Waals surface area contributed by atoms with E-state index in [-0.39, 0.29) is 23.8 Å². The topological polar surface area (TPSA) is 84.5 Å². The molecule has 0 spiro atoms. The lowest BCUT2D eigenvalue weighted by atomic mass is 10.1. The summed E-state index contributed by atoms with van der Waals surface area (Å²) in [4.78, 5) is 11.5. The van der Waals surface area contributed by atoms with Crippen LogP contribution in [0.4, 0.5) is 5.69 Å². The summed E-state index contributed by atoms with van der Waals surface area (Å²) in [5.41, 5.74) is 3.15. The molecule has 6 nitrogen and oxygen atoms in total. The Hall–Kier alpha value is -2.38. The molecular weight excluding hydrogens is 328 g/mol. The minimum absolute atomic E-state index is 0.124. The van der Waals surface area contributed by atoms with Crippen molar-refractivity contribution in [1.82, 2.24) is 4.72 Å². The van der Waals surface area contributed by atoms with Gasteiger partial charge in [0, 0.05) is 12.2 Å². The zero-order valence-corrected chi connectivity index (χ0v) is 14.2. The monoisotopic (exact) mass is 346 g/mol. The largest absolute Gasteiger partial charge is 0.496 e. The summed E-state index contributed by atoms with van der Waals surface area (Å²) in [6.07, 6.45) is 0.205. The van der Waals surface area contributed by atoms with E-state index < -0.39 is 10.0 Å². The third-order valence-electron chi connectivity index (χ3n) is 3.94. The fraction of sp³-hybridized carbons (Fsp3) is 0.235. The number of rotatable bonds is 5. The molecule has 2 aromatic carbocycles. The van der Waals surface area contributed by atoms with Gasteiger partial charge in [0.2, 0.25) is 15.9 Å². The van der Waals surface area contributed by atoms with Crippen LogP contribution in [0.25, 0.3) is 0 Å². The molecule has 0 fully saturated rings. The lowest BCUT2D eigenvalue weighted by Gasteiger charge is -2.10. The zero-order valence-electron chi connectivity index (χ0n) is 13.4. The summed E-state index contributed by atoms with van der Waals surface area (Å²) in [7, 11) is -2.05. The number of fused-ring (bicyclic) bond motifs is 1. The number of hydrogen-bond donors (Lipinski definition) is 2. The number of carbonyl (C=O) groups excluding carboxylic acids is 1. The highest BCUT2D eigenvalue weighted by atomic mass is 32.2. The highest BCUT2D eigenvalue weighted by molar-refractivity contribution is 7.89. The number of nitrogens with one attached hydrogen (secondary N) is 2. The first-order chi connectivity index (χ1) is 11.4. The fourth-order valence-corrected chi connectivity index (χ4v) is 3.75. The predicted molar refractivity (Wildman–Crippen MR) is 90.5 cm³/mol. The Bertz CT molecular complexity index is 907. The molecule has 1 aliphatic rings. The smallest absolute Gasteiger partial charge is 0.240 e. The minimum Gasteiger partial charge on any atom is -0.496 e. The number of aryl methyl sites for hydroxylation is 1. The first-order valence-corrected chi connectivity index (χ1v) is 8.93. The van der Waals surface area contributed by atoms with Crippen molar-refractivity contribution in [3.8, 4) is 5.75 Å². The molecular formula is C17H18N2O4S. The standard InChI is InChI=1S/C17H18N2O4S/c1-11-7-12(3-6-16(11)23-2)10-18-24(21,22)14-4-5-15-13(8-14)9-17(20)19-15/h3-8,18H,9-10H2,1-2H3,(H,19,20). The minimum atomic E-state index is -3.65. The van der Waals surface area contributed by atoms with Crippen molar-refractivity contribution in [3.05, 3.63) is 53.1 Å². The molecule has 7 heteroatoms. The number of hydrogen-bond acceptors (Lipinski definition) is 4. The maximum absolute atomic E-state index is 12.5. The lowest BCUT2D eigenvalue weighted by molar-refractivity contribution is -0.115. The van der Waals surface area contributed by atoms with Gasteiger partial charge in [-0.05, 0) is 47.9 Å². The van der Waals surface area contributed by atoms with Crippen LogP contribution in [0.15, 0.2) is 41.3 Å². The molecule has 0 aromatic heterocycles. The Morgan fingerprint density at radius 1 is 1.21 bits per heavy atom. The quantitative estimate of drug-likeness (QED) is 0.867. The second-order valence-corrected chi connectivity index (χ2v) is 7.44. The molecule has 3 rings (SSSR count). The van der Waals surface area contributed by atoms with Gasteiger partial charge in [0.15, 0.2) is 0 Å². The van der Waals surface area contributed by atoms with E-state index in [0.29, 0.717) is 11.3 Å². The third kappa shape index (κ3) is 3.27. The van der Waals surface area contributed by atoms with Gasteiger partial charge in [0.1, 0.15) is 5.75 Å². The average molecular weight is 346 g/mol. The molecule has 0 aliphatic carbocycles. The van der Waals surface area contributed by atoms with Crippen molar-refractivity contribution in [1.29, 1.82) is 0 Å². The van der Waals surface area contributed by atoms with E-state index in [0.717, 1.165) is 16.9 Å². The van der Waals surface area contributed by atoms with Gasteiger partial charge in [-0.2, -0.15) is 0 Å². The van der Waals surface area contributed by atoms with Crippen molar-refractivity contribution >= 4 is 21.6 Å².